The maximum atomic E-state index is 11.8. The molecule has 0 saturated carbocycles. The standard InChI is InChI=1S/C10H11F3Se/c11-10(12,13)8-14-7-6-9-4-2-1-3-5-9/h1-5H,6-8H2. The Labute approximate surface area is 87.7 Å². The van der Waals surface area contributed by atoms with Gasteiger partial charge in [0.2, 0.25) is 0 Å². The van der Waals surface area contributed by atoms with Gasteiger partial charge in [-0.2, -0.15) is 0 Å². The first kappa shape index (κ1) is 11.6. The van der Waals surface area contributed by atoms with Gasteiger partial charge in [0.1, 0.15) is 0 Å². The number of hydrogen-bond donors (Lipinski definition) is 0. The first-order chi connectivity index (χ1) is 6.58. The van der Waals surface area contributed by atoms with E-state index in [-0.39, 0.29) is 15.0 Å². The number of alkyl halides is 3. The van der Waals surface area contributed by atoms with Gasteiger partial charge in [-0.1, -0.05) is 0 Å². The molecule has 0 bridgehead atoms. The quantitative estimate of drug-likeness (QED) is 0.580. The van der Waals surface area contributed by atoms with Crippen molar-refractivity contribution in [3.8, 4) is 0 Å². The van der Waals surface area contributed by atoms with Crippen LogP contribution in [0.4, 0.5) is 13.2 Å². The van der Waals surface area contributed by atoms with E-state index in [9.17, 15) is 13.2 Å². The van der Waals surface area contributed by atoms with Crippen LogP contribution in [0.1, 0.15) is 5.56 Å². The summed E-state index contributed by atoms with van der Waals surface area (Å²) in [5.41, 5.74) is 1.12. The average molecular weight is 267 g/mol. The molecule has 0 aromatic heterocycles. The number of rotatable bonds is 4. The van der Waals surface area contributed by atoms with Gasteiger partial charge in [0.15, 0.2) is 0 Å². The van der Waals surface area contributed by atoms with Crippen LogP contribution in [0, 0.1) is 0 Å². The molecule has 1 aromatic carbocycles. The molecule has 4 heteroatoms. The van der Waals surface area contributed by atoms with Crippen LogP contribution in [0.3, 0.4) is 0 Å². The topological polar surface area (TPSA) is 0 Å². The van der Waals surface area contributed by atoms with E-state index in [2.05, 4.69) is 0 Å². The van der Waals surface area contributed by atoms with Crippen LogP contribution in [0.25, 0.3) is 0 Å². The molecule has 1 aromatic rings. The zero-order chi connectivity index (χ0) is 10.4. The Morgan fingerprint density at radius 3 is 2.29 bits per heavy atom. The third kappa shape index (κ3) is 5.30. The molecular weight excluding hydrogens is 256 g/mol. The Balaban J connectivity index is 2.17. The SMILES string of the molecule is FC(F)(F)C[Se]CCc1ccccc1. The van der Waals surface area contributed by atoms with E-state index < -0.39 is 11.5 Å². The fraction of sp³-hybridized carbons (Fsp3) is 0.400. The minimum absolute atomic E-state index is 0.311. The molecule has 0 aliphatic rings. The summed E-state index contributed by atoms with van der Waals surface area (Å²) in [6, 6.07) is 9.62. The van der Waals surface area contributed by atoms with Gasteiger partial charge in [-0.25, -0.2) is 0 Å². The zero-order valence-electron chi connectivity index (χ0n) is 7.55. The summed E-state index contributed by atoms with van der Waals surface area (Å²) in [5.74, 6) is 0. The molecule has 0 radical (unpaired) electrons. The molecule has 1 rings (SSSR count). The van der Waals surface area contributed by atoms with Crippen LogP contribution in [0.2, 0.25) is 10.6 Å². The van der Waals surface area contributed by atoms with Crippen molar-refractivity contribution in [1.82, 2.24) is 0 Å². The summed E-state index contributed by atoms with van der Waals surface area (Å²) in [6.07, 6.45) is -3.21. The second-order valence-electron chi connectivity index (χ2n) is 2.90. The van der Waals surface area contributed by atoms with E-state index in [1.165, 1.54) is 0 Å². The number of benzene rings is 1. The number of hydrogen-bond acceptors (Lipinski definition) is 0. The summed E-state index contributed by atoms with van der Waals surface area (Å²) in [4.78, 5) is 0. The van der Waals surface area contributed by atoms with Gasteiger partial charge in [0.05, 0.1) is 0 Å². The van der Waals surface area contributed by atoms with E-state index in [1.807, 2.05) is 30.3 Å². The molecule has 0 N–H and O–H groups in total. The van der Waals surface area contributed by atoms with E-state index in [0.717, 1.165) is 12.0 Å². The van der Waals surface area contributed by atoms with Crippen molar-refractivity contribution in [2.24, 2.45) is 0 Å². The fourth-order valence-electron chi connectivity index (χ4n) is 1.02. The van der Waals surface area contributed by atoms with Crippen LogP contribution < -0.4 is 0 Å². The first-order valence-corrected chi connectivity index (χ1v) is 6.68. The Bertz CT molecular complexity index is 256. The second-order valence-corrected chi connectivity index (χ2v) is 5.22. The molecule has 0 fully saturated rings. The Morgan fingerprint density at radius 1 is 1.07 bits per heavy atom. The molecule has 0 aliphatic heterocycles. The second kappa shape index (κ2) is 5.42. The summed E-state index contributed by atoms with van der Waals surface area (Å²) in [7, 11) is 0. The fourth-order valence-corrected chi connectivity index (χ4v) is 2.61. The van der Waals surface area contributed by atoms with Crippen molar-refractivity contribution >= 4 is 15.0 Å². The molecule has 0 spiro atoms. The molecule has 0 amide bonds. The van der Waals surface area contributed by atoms with Gasteiger partial charge < -0.3 is 0 Å². The van der Waals surface area contributed by atoms with Gasteiger partial charge >= 0.3 is 87.3 Å². The van der Waals surface area contributed by atoms with Crippen LogP contribution >= 0.6 is 0 Å². The van der Waals surface area contributed by atoms with E-state index in [4.69, 9.17) is 0 Å². The van der Waals surface area contributed by atoms with Crippen molar-refractivity contribution in [2.45, 2.75) is 23.2 Å². The number of halogens is 3. The summed E-state index contributed by atoms with van der Waals surface area (Å²) >= 11 is -0.311. The molecule has 0 saturated heterocycles. The van der Waals surface area contributed by atoms with Crippen molar-refractivity contribution in [1.29, 1.82) is 0 Å². The predicted molar refractivity (Wildman–Crippen MR) is 51.6 cm³/mol. The van der Waals surface area contributed by atoms with Gasteiger partial charge in [0.25, 0.3) is 0 Å². The summed E-state index contributed by atoms with van der Waals surface area (Å²) < 4.78 is 35.4. The zero-order valence-corrected chi connectivity index (χ0v) is 9.26. The maximum absolute atomic E-state index is 11.8. The monoisotopic (exact) mass is 268 g/mol. The van der Waals surface area contributed by atoms with E-state index >= 15 is 0 Å². The van der Waals surface area contributed by atoms with Crippen molar-refractivity contribution in [2.75, 3.05) is 0 Å². The van der Waals surface area contributed by atoms with Gasteiger partial charge in [-0.05, 0) is 0 Å². The molecule has 0 aliphatic carbocycles. The van der Waals surface area contributed by atoms with E-state index in [0.29, 0.717) is 5.32 Å². The molecule has 0 atom stereocenters. The van der Waals surface area contributed by atoms with Crippen LogP contribution in [0.15, 0.2) is 30.3 Å². The Morgan fingerprint density at radius 2 is 1.71 bits per heavy atom. The third-order valence-electron chi connectivity index (χ3n) is 1.64. The normalized spacial score (nSPS) is 11.6. The molecule has 0 nitrogen and oxygen atoms in total. The van der Waals surface area contributed by atoms with Crippen LogP contribution in [0.5, 0.6) is 0 Å². The van der Waals surface area contributed by atoms with Gasteiger partial charge in [-0.15, -0.1) is 0 Å². The molecule has 0 heterocycles. The third-order valence-corrected chi connectivity index (χ3v) is 3.79. The van der Waals surface area contributed by atoms with Gasteiger partial charge in [0, 0.05) is 0 Å². The Kier molecular flexibility index (Phi) is 4.49. The number of aryl methyl sites for hydroxylation is 1. The van der Waals surface area contributed by atoms with Crippen LogP contribution in [-0.4, -0.2) is 21.1 Å². The summed E-state index contributed by atoms with van der Waals surface area (Å²) in [6.45, 7) is 0. The molecule has 0 unspecified atom stereocenters. The first-order valence-electron chi connectivity index (χ1n) is 4.26. The predicted octanol–water partition coefficient (Wildman–Crippen LogP) is 3.33. The van der Waals surface area contributed by atoms with Crippen molar-refractivity contribution in [3.05, 3.63) is 35.9 Å². The summed E-state index contributed by atoms with van der Waals surface area (Å²) in [5, 5.41) is 0.0589. The van der Waals surface area contributed by atoms with Gasteiger partial charge in [-0.3, -0.25) is 0 Å². The van der Waals surface area contributed by atoms with E-state index in [1.54, 1.807) is 0 Å². The average Bonchev–Trinajstić information content (AvgIpc) is 2.13. The van der Waals surface area contributed by atoms with Crippen molar-refractivity contribution < 1.29 is 13.2 Å². The van der Waals surface area contributed by atoms with Crippen LogP contribution in [-0.2, 0) is 6.42 Å². The van der Waals surface area contributed by atoms with Crippen molar-refractivity contribution in [3.63, 3.8) is 0 Å². The molecule has 78 valence electrons. The molecular formula is C10H11F3Se. The minimum atomic E-state index is -3.98. The molecule has 14 heavy (non-hydrogen) atoms. The Hall–Kier alpha value is -0.471.